The van der Waals surface area contributed by atoms with Crippen molar-refractivity contribution in [2.45, 2.75) is 26.3 Å². The Bertz CT molecular complexity index is 329. The molecule has 0 bridgehead atoms. The van der Waals surface area contributed by atoms with Crippen molar-refractivity contribution >= 4 is 0 Å². The van der Waals surface area contributed by atoms with Crippen LogP contribution in [-0.4, -0.2) is 36.6 Å². The summed E-state index contributed by atoms with van der Waals surface area (Å²) < 4.78 is 7.54. The van der Waals surface area contributed by atoms with Crippen LogP contribution in [-0.2, 0) is 17.7 Å². The average Bonchev–Trinajstić information content (AvgIpc) is 2.89. The van der Waals surface area contributed by atoms with Crippen LogP contribution >= 0.6 is 0 Å². The molecule has 4 heteroatoms. The molecule has 1 unspecified atom stereocenters. The van der Waals surface area contributed by atoms with Crippen LogP contribution in [0.4, 0.5) is 0 Å². The minimum absolute atomic E-state index is 0.274. The van der Waals surface area contributed by atoms with Gasteiger partial charge in [0.1, 0.15) is 0 Å². The third-order valence-corrected chi connectivity index (χ3v) is 3.33. The first kappa shape index (κ1) is 11.6. The molecule has 0 aromatic carbocycles. The lowest BCUT2D eigenvalue weighted by molar-refractivity contribution is 0.150. The molecule has 90 valence electrons. The van der Waals surface area contributed by atoms with Crippen molar-refractivity contribution < 1.29 is 4.74 Å². The third-order valence-electron chi connectivity index (χ3n) is 3.33. The van der Waals surface area contributed by atoms with Crippen LogP contribution in [0.1, 0.15) is 18.9 Å². The van der Waals surface area contributed by atoms with Crippen LogP contribution in [0.25, 0.3) is 0 Å². The summed E-state index contributed by atoms with van der Waals surface area (Å²) in [7, 11) is 2.01. The first-order chi connectivity index (χ1) is 7.78. The Kier molecular flexibility index (Phi) is 3.61. The molecule has 0 amide bonds. The lowest BCUT2D eigenvalue weighted by Gasteiger charge is -2.26. The van der Waals surface area contributed by atoms with Crippen LogP contribution in [0, 0.1) is 5.41 Å². The fourth-order valence-corrected chi connectivity index (χ4v) is 2.47. The maximum absolute atomic E-state index is 5.55. The van der Waals surface area contributed by atoms with Gasteiger partial charge in [0.25, 0.3) is 0 Å². The van der Waals surface area contributed by atoms with Crippen molar-refractivity contribution in [1.82, 2.24) is 15.1 Å². The number of ether oxygens (including phenoxy) is 1. The zero-order valence-electron chi connectivity index (χ0n) is 10.2. The lowest BCUT2D eigenvalue weighted by Crippen LogP contribution is -2.35. The van der Waals surface area contributed by atoms with E-state index < -0.39 is 0 Å². The van der Waals surface area contributed by atoms with Crippen molar-refractivity contribution in [2.75, 3.05) is 26.8 Å². The van der Waals surface area contributed by atoms with Crippen LogP contribution in [0.5, 0.6) is 0 Å². The monoisotopic (exact) mass is 223 g/mol. The molecule has 1 aliphatic heterocycles. The summed E-state index contributed by atoms with van der Waals surface area (Å²) in [4.78, 5) is 0. The summed E-state index contributed by atoms with van der Waals surface area (Å²) in [5.74, 6) is 0. The summed E-state index contributed by atoms with van der Waals surface area (Å²) in [6.45, 7) is 5.83. The Morgan fingerprint density at radius 2 is 2.50 bits per heavy atom. The molecule has 0 radical (unpaired) electrons. The van der Waals surface area contributed by atoms with Gasteiger partial charge in [0, 0.05) is 31.3 Å². The number of hydrogen-bond acceptors (Lipinski definition) is 3. The number of aryl methyl sites for hydroxylation is 1. The molecule has 2 rings (SSSR count). The van der Waals surface area contributed by atoms with Crippen LogP contribution < -0.4 is 5.32 Å². The average molecular weight is 223 g/mol. The molecule has 1 aliphatic rings. The molecular formula is C12H21N3O. The second-order valence-corrected chi connectivity index (χ2v) is 4.71. The van der Waals surface area contributed by atoms with Gasteiger partial charge >= 0.3 is 0 Å². The van der Waals surface area contributed by atoms with E-state index in [4.69, 9.17) is 4.74 Å². The summed E-state index contributed by atoms with van der Waals surface area (Å²) in [6.07, 6.45) is 6.34. The van der Waals surface area contributed by atoms with Gasteiger partial charge < -0.3 is 10.1 Å². The normalized spacial score (nSPS) is 25.1. The molecule has 0 saturated carbocycles. The Morgan fingerprint density at radius 3 is 3.06 bits per heavy atom. The third kappa shape index (κ3) is 2.44. The van der Waals surface area contributed by atoms with Crippen molar-refractivity contribution in [1.29, 1.82) is 0 Å². The molecule has 16 heavy (non-hydrogen) atoms. The van der Waals surface area contributed by atoms with E-state index in [1.807, 2.05) is 17.9 Å². The highest BCUT2D eigenvalue weighted by atomic mass is 16.5. The summed E-state index contributed by atoms with van der Waals surface area (Å²) >= 11 is 0. The highest BCUT2D eigenvalue weighted by Gasteiger charge is 2.34. The van der Waals surface area contributed by atoms with Crippen molar-refractivity contribution in [2.24, 2.45) is 5.41 Å². The molecule has 1 aromatic rings. The highest BCUT2D eigenvalue weighted by Crippen LogP contribution is 2.31. The highest BCUT2D eigenvalue weighted by molar-refractivity contribution is 5.09. The quantitative estimate of drug-likeness (QED) is 0.811. The van der Waals surface area contributed by atoms with Gasteiger partial charge in [-0.05, 0) is 32.4 Å². The predicted molar refractivity (Wildman–Crippen MR) is 63.4 cm³/mol. The number of nitrogens with one attached hydrogen (secondary N) is 1. The Labute approximate surface area is 97.0 Å². The minimum Gasteiger partial charge on any atom is -0.381 e. The van der Waals surface area contributed by atoms with Crippen LogP contribution in [0.15, 0.2) is 12.4 Å². The van der Waals surface area contributed by atoms with Gasteiger partial charge in [-0.1, -0.05) is 0 Å². The summed E-state index contributed by atoms with van der Waals surface area (Å²) in [6, 6.07) is 0. The van der Waals surface area contributed by atoms with Gasteiger partial charge in [-0.25, -0.2) is 0 Å². The fraction of sp³-hybridized carbons (Fsp3) is 0.750. The van der Waals surface area contributed by atoms with Gasteiger partial charge in [0.05, 0.1) is 12.8 Å². The Hall–Kier alpha value is -0.870. The molecule has 1 saturated heterocycles. The second-order valence-electron chi connectivity index (χ2n) is 4.71. The molecule has 1 aromatic heterocycles. The number of rotatable bonds is 5. The van der Waals surface area contributed by atoms with E-state index in [1.54, 1.807) is 0 Å². The standard InChI is InChI=1S/C12H21N3O/c1-3-15-8-11(7-14-15)6-12(9-13-2)4-5-16-10-12/h7-8,13H,3-6,9-10H2,1-2H3. The van der Waals surface area contributed by atoms with Crippen LogP contribution in [0.3, 0.4) is 0 Å². The predicted octanol–water partition coefficient (Wildman–Crippen LogP) is 1.07. The molecule has 1 N–H and O–H groups in total. The smallest absolute Gasteiger partial charge is 0.0538 e. The number of hydrogen-bond donors (Lipinski definition) is 1. The van der Waals surface area contributed by atoms with Gasteiger partial charge in [0.2, 0.25) is 0 Å². The molecule has 4 nitrogen and oxygen atoms in total. The fourth-order valence-electron chi connectivity index (χ4n) is 2.47. The van der Waals surface area contributed by atoms with Crippen molar-refractivity contribution in [3.8, 4) is 0 Å². The lowest BCUT2D eigenvalue weighted by atomic mass is 9.81. The number of aromatic nitrogens is 2. The molecule has 1 fully saturated rings. The number of nitrogens with zero attached hydrogens (tertiary/aromatic N) is 2. The van der Waals surface area contributed by atoms with E-state index in [-0.39, 0.29) is 5.41 Å². The van der Waals surface area contributed by atoms with E-state index in [2.05, 4.69) is 23.5 Å². The topological polar surface area (TPSA) is 39.1 Å². The minimum atomic E-state index is 0.274. The zero-order valence-corrected chi connectivity index (χ0v) is 10.2. The van der Waals surface area contributed by atoms with Gasteiger partial charge in [-0.3, -0.25) is 4.68 Å². The van der Waals surface area contributed by atoms with E-state index >= 15 is 0 Å². The van der Waals surface area contributed by atoms with E-state index in [0.717, 1.165) is 39.1 Å². The maximum Gasteiger partial charge on any atom is 0.0538 e. The SMILES string of the molecule is CCn1cc(CC2(CNC)CCOC2)cn1. The Balaban J connectivity index is 2.05. The van der Waals surface area contributed by atoms with Gasteiger partial charge in [-0.2, -0.15) is 5.10 Å². The van der Waals surface area contributed by atoms with Crippen LogP contribution in [0.2, 0.25) is 0 Å². The largest absolute Gasteiger partial charge is 0.381 e. The van der Waals surface area contributed by atoms with Gasteiger partial charge in [-0.15, -0.1) is 0 Å². The van der Waals surface area contributed by atoms with E-state index in [9.17, 15) is 0 Å². The second kappa shape index (κ2) is 4.97. The van der Waals surface area contributed by atoms with Crippen molar-refractivity contribution in [3.05, 3.63) is 18.0 Å². The molecular weight excluding hydrogens is 202 g/mol. The molecule has 0 spiro atoms. The van der Waals surface area contributed by atoms with E-state index in [1.165, 1.54) is 5.56 Å². The summed E-state index contributed by atoms with van der Waals surface area (Å²) in [5.41, 5.74) is 1.60. The first-order valence-electron chi connectivity index (χ1n) is 6.02. The van der Waals surface area contributed by atoms with Crippen molar-refractivity contribution in [3.63, 3.8) is 0 Å². The first-order valence-corrected chi connectivity index (χ1v) is 6.02. The van der Waals surface area contributed by atoms with Gasteiger partial charge in [0.15, 0.2) is 0 Å². The molecule has 2 heterocycles. The molecule has 1 atom stereocenters. The zero-order chi connectivity index (χ0) is 11.4. The summed E-state index contributed by atoms with van der Waals surface area (Å²) in [5, 5.41) is 7.61. The maximum atomic E-state index is 5.55. The van der Waals surface area contributed by atoms with E-state index in [0.29, 0.717) is 0 Å². The molecule has 0 aliphatic carbocycles. The Morgan fingerprint density at radius 1 is 1.62 bits per heavy atom.